The van der Waals surface area contributed by atoms with E-state index in [1.54, 1.807) is 12.1 Å². The molecule has 0 atom stereocenters. The summed E-state index contributed by atoms with van der Waals surface area (Å²) in [6.07, 6.45) is 1.44. The highest BCUT2D eigenvalue weighted by Gasteiger charge is 2.19. The number of ether oxygens (including phenoxy) is 1. The standard InChI is InChI=1S/C14H16ClFO2/c1-10(17)18-9-13(16)8-14(2,3)11-4-6-12(15)7-5-11/h4-8H,9H2,1-3H3. The maximum Gasteiger partial charge on any atom is 0.303 e. The Morgan fingerprint density at radius 2 is 1.94 bits per heavy atom. The van der Waals surface area contributed by atoms with Gasteiger partial charge in [0.1, 0.15) is 12.4 Å². The second-order valence-electron chi connectivity index (χ2n) is 4.60. The van der Waals surface area contributed by atoms with Crippen LogP contribution in [0.25, 0.3) is 0 Å². The number of esters is 1. The van der Waals surface area contributed by atoms with Gasteiger partial charge in [0.2, 0.25) is 0 Å². The number of hydrogen-bond donors (Lipinski definition) is 0. The molecule has 0 aliphatic carbocycles. The highest BCUT2D eigenvalue weighted by molar-refractivity contribution is 6.30. The van der Waals surface area contributed by atoms with Gasteiger partial charge in [-0.1, -0.05) is 37.6 Å². The molecule has 0 aliphatic rings. The van der Waals surface area contributed by atoms with Gasteiger partial charge in [0.15, 0.2) is 0 Å². The molecule has 0 amide bonds. The summed E-state index contributed by atoms with van der Waals surface area (Å²) in [6.45, 7) is 4.68. The largest absolute Gasteiger partial charge is 0.459 e. The minimum Gasteiger partial charge on any atom is -0.459 e. The van der Waals surface area contributed by atoms with E-state index in [9.17, 15) is 9.18 Å². The first-order valence-electron chi connectivity index (χ1n) is 5.58. The fraction of sp³-hybridized carbons (Fsp3) is 0.357. The summed E-state index contributed by atoms with van der Waals surface area (Å²) >= 11 is 5.81. The number of carbonyl (C=O) groups is 1. The molecule has 0 saturated heterocycles. The molecular formula is C14H16ClFO2. The average Bonchev–Trinajstić information content (AvgIpc) is 2.26. The molecule has 0 saturated carbocycles. The van der Waals surface area contributed by atoms with Crippen LogP contribution in [0.4, 0.5) is 4.39 Å². The number of benzene rings is 1. The molecule has 4 heteroatoms. The smallest absolute Gasteiger partial charge is 0.303 e. The molecule has 0 bridgehead atoms. The fourth-order valence-electron chi connectivity index (χ4n) is 1.57. The van der Waals surface area contributed by atoms with E-state index in [4.69, 9.17) is 11.6 Å². The zero-order valence-electron chi connectivity index (χ0n) is 10.7. The molecule has 1 rings (SSSR count). The van der Waals surface area contributed by atoms with Crippen LogP contribution in [0.15, 0.2) is 36.2 Å². The van der Waals surface area contributed by atoms with Crippen molar-refractivity contribution in [2.75, 3.05) is 6.61 Å². The van der Waals surface area contributed by atoms with Crippen molar-refractivity contribution < 1.29 is 13.9 Å². The predicted octanol–water partition coefficient (Wildman–Crippen LogP) is 4.03. The third-order valence-electron chi connectivity index (χ3n) is 2.52. The van der Waals surface area contributed by atoms with Crippen LogP contribution in [-0.4, -0.2) is 12.6 Å². The molecule has 2 nitrogen and oxygen atoms in total. The summed E-state index contributed by atoms with van der Waals surface area (Å²) in [5.41, 5.74) is 0.444. The summed E-state index contributed by atoms with van der Waals surface area (Å²) in [5.74, 6) is -0.965. The molecule has 0 fully saturated rings. The lowest BCUT2D eigenvalue weighted by Crippen LogP contribution is -2.15. The van der Waals surface area contributed by atoms with Gasteiger partial charge in [-0.2, -0.15) is 0 Å². The average molecular weight is 271 g/mol. The molecule has 98 valence electrons. The van der Waals surface area contributed by atoms with Gasteiger partial charge in [0, 0.05) is 17.4 Å². The number of rotatable bonds is 4. The number of halogens is 2. The molecule has 1 aromatic carbocycles. The summed E-state index contributed by atoms with van der Waals surface area (Å²) in [4.78, 5) is 10.6. The van der Waals surface area contributed by atoms with E-state index in [-0.39, 0.29) is 6.61 Å². The van der Waals surface area contributed by atoms with E-state index in [1.807, 2.05) is 26.0 Å². The normalized spacial score (nSPS) is 12.4. The second-order valence-corrected chi connectivity index (χ2v) is 5.04. The molecule has 0 unspecified atom stereocenters. The van der Waals surface area contributed by atoms with E-state index in [0.29, 0.717) is 5.02 Å². The van der Waals surface area contributed by atoms with Crippen LogP contribution in [0.3, 0.4) is 0 Å². The van der Waals surface area contributed by atoms with E-state index in [0.717, 1.165) is 5.56 Å². The minimum absolute atomic E-state index is 0.327. The zero-order chi connectivity index (χ0) is 13.8. The Bertz CT molecular complexity index is 449. The minimum atomic E-state index is -0.497. The third-order valence-corrected chi connectivity index (χ3v) is 2.77. The van der Waals surface area contributed by atoms with Gasteiger partial charge in [-0.3, -0.25) is 4.79 Å². The molecule has 0 radical (unpaired) electrons. The Kier molecular flexibility index (Phi) is 4.91. The number of allylic oxidation sites excluding steroid dienone is 1. The van der Waals surface area contributed by atoms with Crippen molar-refractivity contribution in [2.45, 2.75) is 26.2 Å². The van der Waals surface area contributed by atoms with Crippen LogP contribution in [-0.2, 0) is 14.9 Å². The van der Waals surface area contributed by atoms with Gasteiger partial charge in [-0.05, 0) is 23.8 Å². The summed E-state index contributed by atoms with van der Waals surface area (Å²) in [5, 5.41) is 0.638. The Labute approximate surface area is 111 Å². The van der Waals surface area contributed by atoms with Crippen LogP contribution in [0, 0.1) is 0 Å². The lowest BCUT2D eigenvalue weighted by molar-refractivity contribution is -0.140. The fourth-order valence-corrected chi connectivity index (χ4v) is 1.69. The maximum atomic E-state index is 13.6. The van der Waals surface area contributed by atoms with Crippen LogP contribution >= 0.6 is 11.6 Å². The van der Waals surface area contributed by atoms with Crippen molar-refractivity contribution in [3.8, 4) is 0 Å². The van der Waals surface area contributed by atoms with E-state index in [1.165, 1.54) is 13.0 Å². The van der Waals surface area contributed by atoms with Gasteiger partial charge in [0.25, 0.3) is 0 Å². The first-order chi connectivity index (χ1) is 8.31. The molecule has 1 aromatic rings. The Morgan fingerprint density at radius 3 is 2.44 bits per heavy atom. The lowest BCUT2D eigenvalue weighted by atomic mass is 9.84. The molecule has 18 heavy (non-hydrogen) atoms. The molecule has 0 N–H and O–H groups in total. The van der Waals surface area contributed by atoms with Crippen molar-refractivity contribution >= 4 is 17.6 Å². The van der Waals surface area contributed by atoms with Crippen LogP contribution in [0.2, 0.25) is 5.02 Å². The summed E-state index contributed by atoms with van der Waals surface area (Å²) in [6, 6.07) is 7.21. The molecule has 0 aliphatic heterocycles. The topological polar surface area (TPSA) is 26.3 Å². The van der Waals surface area contributed by atoms with Crippen molar-refractivity contribution in [3.63, 3.8) is 0 Å². The predicted molar refractivity (Wildman–Crippen MR) is 70.3 cm³/mol. The first kappa shape index (κ1) is 14.7. The van der Waals surface area contributed by atoms with Gasteiger partial charge in [-0.15, -0.1) is 0 Å². The van der Waals surface area contributed by atoms with Crippen molar-refractivity contribution in [2.24, 2.45) is 0 Å². The molecule has 0 spiro atoms. The van der Waals surface area contributed by atoms with Crippen LogP contribution in [0.5, 0.6) is 0 Å². The highest BCUT2D eigenvalue weighted by Crippen LogP contribution is 2.27. The van der Waals surface area contributed by atoms with Crippen LogP contribution in [0.1, 0.15) is 26.3 Å². The highest BCUT2D eigenvalue weighted by atomic mass is 35.5. The quantitative estimate of drug-likeness (QED) is 0.772. The zero-order valence-corrected chi connectivity index (χ0v) is 11.4. The molecular weight excluding hydrogens is 255 g/mol. The lowest BCUT2D eigenvalue weighted by Gasteiger charge is -2.21. The van der Waals surface area contributed by atoms with Crippen molar-refractivity contribution in [1.82, 2.24) is 0 Å². The van der Waals surface area contributed by atoms with Crippen molar-refractivity contribution in [3.05, 3.63) is 46.8 Å². The van der Waals surface area contributed by atoms with Gasteiger partial charge in [0.05, 0.1) is 0 Å². The monoisotopic (exact) mass is 270 g/mol. The Hall–Kier alpha value is -1.35. The summed E-state index contributed by atoms with van der Waals surface area (Å²) in [7, 11) is 0. The number of carbonyl (C=O) groups excluding carboxylic acids is 1. The second kappa shape index (κ2) is 6.01. The maximum absolute atomic E-state index is 13.6. The third kappa shape index (κ3) is 4.49. The SMILES string of the molecule is CC(=O)OCC(F)=CC(C)(C)c1ccc(Cl)cc1. The van der Waals surface area contributed by atoms with Gasteiger partial charge >= 0.3 is 5.97 Å². The van der Waals surface area contributed by atoms with E-state index in [2.05, 4.69) is 4.74 Å². The Morgan fingerprint density at radius 1 is 1.39 bits per heavy atom. The van der Waals surface area contributed by atoms with Gasteiger partial charge in [-0.25, -0.2) is 4.39 Å². The number of hydrogen-bond acceptors (Lipinski definition) is 2. The van der Waals surface area contributed by atoms with Crippen LogP contribution < -0.4 is 0 Å². The summed E-state index contributed by atoms with van der Waals surface area (Å²) < 4.78 is 18.2. The Balaban J connectivity index is 2.82. The molecule has 0 aromatic heterocycles. The first-order valence-corrected chi connectivity index (χ1v) is 5.96. The van der Waals surface area contributed by atoms with E-state index >= 15 is 0 Å². The molecule has 0 heterocycles. The van der Waals surface area contributed by atoms with Crippen molar-refractivity contribution in [1.29, 1.82) is 0 Å². The van der Waals surface area contributed by atoms with E-state index < -0.39 is 17.2 Å². The van der Waals surface area contributed by atoms with Gasteiger partial charge < -0.3 is 4.74 Å².